The Labute approximate surface area is 171 Å². The molecule has 5 nitrogen and oxygen atoms in total. The maximum Gasteiger partial charge on any atom is 0.236 e. The van der Waals surface area contributed by atoms with E-state index in [1.807, 2.05) is 17.0 Å². The number of amides is 1. The second-order valence-corrected chi connectivity index (χ2v) is 9.72. The smallest absolute Gasteiger partial charge is 0.236 e. The molecule has 1 N–H and O–H groups in total. The van der Waals surface area contributed by atoms with Crippen molar-refractivity contribution in [1.29, 1.82) is 0 Å². The van der Waals surface area contributed by atoms with Crippen LogP contribution in [0.15, 0.2) is 42.5 Å². The number of carbonyl (C=O) groups is 1. The summed E-state index contributed by atoms with van der Waals surface area (Å²) in [6, 6.07) is 12.2. The van der Waals surface area contributed by atoms with E-state index in [0.29, 0.717) is 41.6 Å². The maximum absolute atomic E-state index is 12.5. The monoisotopic (exact) mass is 420 g/mol. The minimum Gasteiger partial charge on any atom is -0.312 e. The van der Waals surface area contributed by atoms with E-state index in [1.54, 1.807) is 30.3 Å². The molecule has 0 bridgehead atoms. The van der Waals surface area contributed by atoms with E-state index in [9.17, 15) is 13.2 Å². The lowest BCUT2D eigenvalue weighted by Crippen LogP contribution is -2.36. The molecule has 3 rings (SSSR count). The van der Waals surface area contributed by atoms with Crippen molar-refractivity contribution >= 4 is 38.9 Å². The Morgan fingerprint density at radius 3 is 2.64 bits per heavy atom. The van der Waals surface area contributed by atoms with Crippen LogP contribution >= 0.6 is 11.6 Å². The number of benzene rings is 2. The van der Waals surface area contributed by atoms with Crippen LogP contribution in [-0.4, -0.2) is 20.9 Å². The van der Waals surface area contributed by atoms with Crippen LogP contribution in [0.25, 0.3) is 0 Å². The summed E-state index contributed by atoms with van der Waals surface area (Å²) >= 11 is 5.94. The lowest BCUT2D eigenvalue weighted by atomic mass is 9.99. The Morgan fingerprint density at radius 2 is 1.93 bits per heavy atom. The highest BCUT2D eigenvalue weighted by Gasteiger charge is 2.24. The van der Waals surface area contributed by atoms with Gasteiger partial charge in [0, 0.05) is 29.4 Å². The van der Waals surface area contributed by atoms with Gasteiger partial charge in [-0.25, -0.2) is 8.42 Å². The molecule has 2 aromatic rings. The molecule has 0 aliphatic carbocycles. The molecule has 7 heteroatoms. The first-order valence-electron chi connectivity index (χ1n) is 9.42. The van der Waals surface area contributed by atoms with Gasteiger partial charge >= 0.3 is 0 Å². The second-order valence-electron chi connectivity index (χ2n) is 7.56. The topological polar surface area (TPSA) is 66.5 Å². The van der Waals surface area contributed by atoms with Gasteiger partial charge in [-0.3, -0.25) is 9.52 Å². The molecule has 0 atom stereocenters. The van der Waals surface area contributed by atoms with Gasteiger partial charge in [0.05, 0.1) is 5.75 Å². The van der Waals surface area contributed by atoms with Crippen LogP contribution in [0.1, 0.15) is 37.8 Å². The van der Waals surface area contributed by atoms with Crippen molar-refractivity contribution in [2.24, 2.45) is 5.92 Å². The van der Waals surface area contributed by atoms with Gasteiger partial charge in [-0.05, 0) is 60.2 Å². The Kier molecular flexibility index (Phi) is 6.30. The molecule has 0 saturated carbocycles. The number of nitrogens with zero attached hydrogens (tertiary/aromatic N) is 1. The molecule has 28 heavy (non-hydrogen) atoms. The van der Waals surface area contributed by atoms with Crippen molar-refractivity contribution in [1.82, 2.24) is 0 Å². The van der Waals surface area contributed by atoms with Gasteiger partial charge in [0.2, 0.25) is 15.9 Å². The summed E-state index contributed by atoms with van der Waals surface area (Å²) in [5.74, 6) is 0.488. The number of fused-ring (bicyclic) bond motifs is 1. The Bertz CT molecular complexity index is 973. The molecule has 0 saturated heterocycles. The summed E-state index contributed by atoms with van der Waals surface area (Å²) in [5, 5.41) is 0.507. The molecule has 1 aliphatic rings. The number of hydrogen-bond acceptors (Lipinski definition) is 3. The van der Waals surface area contributed by atoms with Crippen molar-refractivity contribution in [3.05, 3.63) is 58.6 Å². The number of rotatable bonds is 7. The van der Waals surface area contributed by atoms with E-state index in [4.69, 9.17) is 11.6 Å². The van der Waals surface area contributed by atoms with E-state index in [2.05, 4.69) is 18.6 Å². The van der Waals surface area contributed by atoms with Crippen LogP contribution in [0.4, 0.5) is 11.4 Å². The van der Waals surface area contributed by atoms with Crippen LogP contribution in [-0.2, 0) is 27.0 Å². The van der Waals surface area contributed by atoms with E-state index < -0.39 is 10.0 Å². The fourth-order valence-corrected chi connectivity index (χ4v) is 4.71. The lowest BCUT2D eigenvalue weighted by Gasteiger charge is -2.30. The standard InChI is InChI=1S/C21H25ClN2O3S/c1-15(2)10-11-24-20-8-7-19(13-17(20)6-9-21(24)25)23-28(26,27)14-16-4-3-5-18(22)12-16/h3-5,7-8,12-13,15,23H,6,9-11,14H2,1-2H3. The number of hydrogen-bond donors (Lipinski definition) is 1. The van der Waals surface area contributed by atoms with Gasteiger partial charge in [0.15, 0.2) is 0 Å². The first kappa shape index (κ1) is 20.7. The third kappa shape index (κ3) is 5.26. The SMILES string of the molecule is CC(C)CCN1C(=O)CCc2cc(NS(=O)(=O)Cc3cccc(Cl)c3)ccc21. The molecule has 1 aliphatic heterocycles. The summed E-state index contributed by atoms with van der Waals surface area (Å²) < 4.78 is 27.7. The zero-order valence-corrected chi connectivity index (χ0v) is 17.7. The summed E-state index contributed by atoms with van der Waals surface area (Å²) in [6.45, 7) is 4.95. The second kappa shape index (κ2) is 8.53. The molecule has 0 radical (unpaired) electrons. The number of aryl methyl sites for hydroxylation is 1. The summed E-state index contributed by atoms with van der Waals surface area (Å²) in [4.78, 5) is 14.1. The first-order valence-corrected chi connectivity index (χ1v) is 11.4. The number of sulfonamides is 1. The predicted molar refractivity (Wildman–Crippen MR) is 114 cm³/mol. The van der Waals surface area contributed by atoms with Gasteiger partial charge in [-0.2, -0.15) is 0 Å². The van der Waals surface area contributed by atoms with E-state index >= 15 is 0 Å². The molecule has 0 unspecified atom stereocenters. The third-order valence-electron chi connectivity index (χ3n) is 4.73. The minimum atomic E-state index is -3.57. The molecule has 150 valence electrons. The van der Waals surface area contributed by atoms with Gasteiger partial charge < -0.3 is 4.90 Å². The number of anilines is 2. The molecular formula is C21H25ClN2O3S. The van der Waals surface area contributed by atoms with E-state index in [-0.39, 0.29) is 11.7 Å². The van der Waals surface area contributed by atoms with Crippen molar-refractivity contribution in [3.63, 3.8) is 0 Å². The van der Waals surface area contributed by atoms with Crippen molar-refractivity contribution in [2.45, 2.75) is 38.9 Å². The van der Waals surface area contributed by atoms with Gasteiger partial charge in [-0.15, -0.1) is 0 Å². The quantitative estimate of drug-likeness (QED) is 0.711. The van der Waals surface area contributed by atoms with Crippen LogP contribution in [0, 0.1) is 5.92 Å². The first-order chi connectivity index (χ1) is 13.2. The van der Waals surface area contributed by atoms with E-state index in [1.165, 1.54) is 0 Å². The zero-order valence-electron chi connectivity index (χ0n) is 16.1. The number of halogens is 1. The molecule has 0 fully saturated rings. The van der Waals surface area contributed by atoms with Crippen molar-refractivity contribution in [3.8, 4) is 0 Å². The Morgan fingerprint density at radius 1 is 1.14 bits per heavy atom. The highest BCUT2D eigenvalue weighted by Crippen LogP contribution is 2.31. The predicted octanol–water partition coefficient (Wildman–Crippen LogP) is 4.61. The largest absolute Gasteiger partial charge is 0.312 e. The molecule has 1 amide bonds. The average molecular weight is 421 g/mol. The van der Waals surface area contributed by atoms with Crippen molar-refractivity contribution < 1.29 is 13.2 Å². The fourth-order valence-electron chi connectivity index (χ4n) is 3.32. The summed E-state index contributed by atoms with van der Waals surface area (Å²) in [7, 11) is -3.57. The normalized spacial score (nSPS) is 14.3. The van der Waals surface area contributed by atoms with Gasteiger partial charge in [0.25, 0.3) is 0 Å². The Hall–Kier alpha value is -2.05. The number of carbonyl (C=O) groups excluding carboxylic acids is 1. The van der Waals surface area contributed by atoms with Gasteiger partial charge in [0.1, 0.15) is 0 Å². The summed E-state index contributed by atoms with van der Waals surface area (Å²) in [6.07, 6.45) is 2.00. The average Bonchev–Trinajstić information content (AvgIpc) is 2.60. The van der Waals surface area contributed by atoms with Crippen LogP contribution in [0.2, 0.25) is 5.02 Å². The van der Waals surface area contributed by atoms with E-state index in [0.717, 1.165) is 17.7 Å². The van der Waals surface area contributed by atoms with Gasteiger partial charge in [-0.1, -0.05) is 37.6 Å². The summed E-state index contributed by atoms with van der Waals surface area (Å²) in [5.41, 5.74) is 3.02. The molecule has 1 heterocycles. The highest BCUT2D eigenvalue weighted by atomic mass is 35.5. The molecule has 0 aromatic heterocycles. The third-order valence-corrected chi connectivity index (χ3v) is 6.22. The van der Waals surface area contributed by atoms with Crippen LogP contribution in [0.3, 0.4) is 0 Å². The molecule has 2 aromatic carbocycles. The zero-order chi connectivity index (χ0) is 20.3. The number of nitrogens with one attached hydrogen (secondary N) is 1. The van der Waals surface area contributed by atoms with Crippen LogP contribution < -0.4 is 9.62 Å². The lowest BCUT2D eigenvalue weighted by molar-refractivity contribution is -0.118. The molecular weight excluding hydrogens is 396 g/mol. The van der Waals surface area contributed by atoms with Crippen LogP contribution in [0.5, 0.6) is 0 Å². The van der Waals surface area contributed by atoms with Crippen molar-refractivity contribution in [2.75, 3.05) is 16.2 Å². The fraction of sp³-hybridized carbons (Fsp3) is 0.381. The molecule has 0 spiro atoms. The minimum absolute atomic E-state index is 0.127. The maximum atomic E-state index is 12.5. The highest BCUT2D eigenvalue weighted by molar-refractivity contribution is 7.91. The Balaban J connectivity index is 1.76.